The number of carbonyl (C=O) groups excluding carboxylic acids is 2. The lowest BCUT2D eigenvalue weighted by Crippen LogP contribution is -2.40. The fourth-order valence-electron chi connectivity index (χ4n) is 5.66. The van der Waals surface area contributed by atoms with Gasteiger partial charge in [-0.2, -0.15) is 0 Å². The molecule has 2 atom stereocenters. The number of aliphatic hydroxyl groups excluding tert-OH is 2. The van der Waals surface area contributed by atoms with Gasteiger partial charge in [0, 0.05) is 32.0 Å². The van der Waals surface area contributed by atoms with E-state index in [1.54, 1.807) is 0 Å². The van der Waals surface area contributed by atoms with E-state index in [2.05, 4.69) is 37.5 Å². The van der Waals surface area contributed by atoms with E-state index in [1.807, 2.05) is 0 Å². The predicted octanol–water partition coefficient (Wildman–Crippen LogP) is 6.89. The molecule has 0 saturated carbocycles. The highest BCUT2D eigenvalue weighted by Gasteiger charge is 2.18. The molecule has 8 heteroatoms. The summed E-state index contributed by atoms with van der Waals surface area (Å²) >= 11 is 0. The fourth-order valence-corrected chi connectivity index (χ4v) is 5.66. The lowest BCUT2D eigenvalue weighted by molar-refractivity contribution is -0.149. The van der Waals surface area contributed by atoms with Crippen LogP contribution in [0.25, 0.3) is 0 Å². The Morgan fingerprint density at radius 2 is 1.26 bits per heavy atom. The van der Waals surface area contributed by atoms with Crippen LogP contribution in [0.15, 0.2) is 0 Å². The van der Waals surface area contributed by atoms with E-state index in [9.17, 15) is 19.8 Å². The summed E-state index contributed by atoms with van der Waals surface area (Å²) in [7, 11) is 0. The van der Waals surface area contributed by atoms with Crippen molar-refractivity contribution in [3.8, 4) is 0 Å². The van der Waals surface area contributed by atoms with Crippen molar-refractivity contribution in [2.45, 2.75) is 162 Å². The summed E-state index contributed by atoms with van der Waals surface area (Å²) in [5.74, 6) is -0.137. The van der Waals surface area contributed by atoms with Crippen molar-refractivity contribution in [2.75, 3.05) is 52.5 Å². The lowest BCUT2D eigenvalue weighted by Gasteiger charge is -2.32. The molecule has 0 aromatic heterocycles. The maximum atomic E-state index is 12.1. The minimum absolute atomic E-state index is 0.0565. The minimum atomic E-state index is -0.0737. The molecule has 0 aromatic rings. The van der Waals surface area contributed by atoms with Crippen molar-refractivity contribution in [3.05, 3.63) is 0 Å². The molecule has 0 spiro atoms. The largest absolute Gasteiger partial charge is 0.466 e. The van der Waals surface area contributed by atoms with Gasteiger partial charge < -0.3 is 24.6 Å². The lowest BCUT2D eigenvalue weighted by atomic mass is 10.0. The molecule has 0 aliphatic heterocycles. The van der Waals surface area contributed by atoms with Gasteiger partial charge in [-0.15, -0.1) is 0 Å². The molecule has 0 heterocycles. The highest BCUT2D eigenvalue weighted by Crippen LogP contribution is 2.18. The second-order valence-corrected chi connectivity index (χ2v) is 12.1. The number of unbranched alkanes of at least 4 members (excludes halogenated alkanes) is 7. The van der Waals surface area contributed by atoms with Gasteiger partial charge in [-0.25, -0.2) is 0 Å². The molecule has 0 aromatic carbocycles. The highest BCUT2D eigenvalue weighted by atomic mass is 16.5. The first-order valence-corrected chi connectivity index (χ1v) is 18.0. The van der Waals surface area contributed by atoms with Crippen molar-refractivity contribution in [2.24, 2.45) is 0 Å². The average Bonchev–Trinajstić information content (AvgIpc) is 2.99. The van der Waals surface area contributed by atoms with Crippen LogP contribution in [0.1, 0.15) is 150 Å². The van der Waals surface area contributed by atoms with Crippen molar-refractivity contribution in [1.29, 1.82) is 0 Å². The molecule has 0 bridgehead atoms. The Morgan fingerprint density at radius 3 is 1.93 bits per heavy atom. The highest BCUT2D eigenvalue weighted by molar-refractivity contribution is 5.69. The zero-order valence-corrected chi connectivity index (χ0v) is 28.7. The Bertz CT molecular complexity index is 635. The van der Waals surface area contributed by atoms with Gasteiger partial charge in [0.15, 0.2) is 0 Å². The van der Waals surface area contributed by atoms with Gasteiger partial charge in [-0.1, -0.05) is 79.1 Å². The molecular weight excluding hydrogens is 544 g/mol. The van der Waals surface area contributed by atoms with E-state index >= 15 is 0 Å². The molecule has 0 radical (unpaired) electrons. The van der Waals surface area contributed by atoms with Gasteiger partial charge in [-0.05, 0) is 77.4 Å². The summed E-state index contributed by atoms with van der Waals surface area (Å²) < 4.78 is 11.0. The minimum Gasteiger partial charge on any atom is -0.466 e. The predicted molar refractivity (Wildman–Crippen MR) is 177 cm³/mol. The van der Waals surface area contributed by atoms with Crippen LogP contribution >= 0.6 is 0 Å². The maximum absolute atomic E-state index is 12.1. The molecular formula is C35H70N2O6. The van der Waals surface area contributed by atoms with Crippen LogP contribution in [0.3, 0.4) is 0 Å². The second kappa shape index (κ2) is 30.8. The number of carbonyl (C=O) groups is 2. The molecule has 0 rings (SSSR count). The quantitative estimate of drug-likeness (QED) is 0.0624. The van der Waals surface area contributed by atoms with E-state index in [1.165, 1.54) is 6.42 Å². The van der Waals surface area contributed by atoms with E-state index in [0.717, 1.165) is 122 Å². The SMILES string of the molecule is CCCCCC(=O)OCCCCCC(CCCC)N(CCO)CCCN(CCO)CCCCCC(=O)OC(CC)CCC. The second-order valence-electron chi connectivity index (χ2n) is 12.1. The Labute approximate surface area is 265 Å². The Kier molecular flexibility index (Phi) is 29.9. The van der Waals surface area contributed by atoms with E-state index < -0.39 is 0 Å². The number of rotatable bonds is 32. The van der Waals surface area contributed by atoms with Crippen molar-refractivity contribution in [3.63, 3.8) is 0 Å². The summed E-state index contributed by atoms with van der Waals surface area (Å²) in [6, 6.07) is 0.458. The summed E-state index contributed by atoms with van der Waals surface area (Å²) in [6.45, 7) is 13.5. The van der Waals surface area contributed by atoms with Gasteiger partial charge >= 0.3 is 11.9 Å². The van der Waals surface area contributed by atoms with E-state index in [4.69, 9.17) is 9.47 Å². The summed E-state index contributed by atoms with van der Waals surface area (Å²) in [5, 5.41) is 19.4. The van der Waals surface area contributed by atoms with Crippen LogP contribution in [-0.2, 0) is 19.1 Å². The Balaban J connectivity index is 4.49. The number of aliphatic hydroxyl groups is 2. The molecule has 0 amide bonds. The molecule has 8 nitrogen and oxygen atoms in total. The van der Waals surface area contributed by atoms with Crippen LogP contribution in [0, 0.1) is 0 Å². The van der Waals surface area contributed by atoms with Crippen LogP contribution in [0.4, 0.5) is 0 Å². The number of nitrogens with zero attached hydrogens (tertiary/aromatic N) is 2. The van der Waals surface area contributed by atoms with Gasteiger partial charge in [0.1, 0.15) is 6.10 Å². The third kappa shape index (κ3) is 24.7. The van der Waals surface area contributed by atoms with Gasteiger partial charge in [0.2, 0.25) is 0 Å². The number of ether oxygens (including phenoxy) is 2. The third-order valence-electron chi connectivity index (χ3n) is 8.28. The van der Waals surface area contributed by atoms with E-state index in [-0.39, 0.29) is 31.3 Å². The zero-order valence-electron chi connectivity index (χ0n) is 28.7. The standard InChI is InChI=1S/C35H70N2O6/c1-5-9-13-22-34(40)42-31-17-12-14-21-32(20-10-6-2)37(28-30-39)26-18-25-36(27-29-38)24-16-11-15-23-35(41)43-33(8-4)19-7-3/h32-33,38-39H,5-31H2,1-4H3. The van der Waals surface area contributed by atoms with Gasteiger partial charge in [-0.3, -0.25) is 14.5 Å². The Hall–Kier alpha value is -1.22. The first kappa shape index (κ1) is 41.8. The molecule has 0 fully saturated rings. The van der Waals surface area contributed by atoms with E-state index in [0.29, 0.717) is 38.6 Å². The normalized spacial score (nSPS) is 13.0. The molecule has 0 aliphatic carbocycles. The zero-order chi connectivity index (χ0) is 32.0. The topological polar surface area (TPSA) is 99.5 Å². The van der Waals surface area contributed by atoms with Gasteiger partial charge in [0.25, 0.3) is 0 Å². The summed E-state index contributed by atoms with van der Waals surface area (Å²) in [4.78, 5) is 28.7. The molecule has 2 N–H and O–H groups in total. The first-order valence-electron chi connectivity index (χ1n) is 18.0. The van der Waals surface area contributed by atoms with Crippen LogP contribution in [0.5, 0.6) is 0 Å². The van der Waals surface area contributed by atoms with Crippen molar-refractivity contribution < 1.29 is 29.3 Å². The molecule has 0 aliphatic rings. The molecule has 2 unspecified atom stereocenters. The third-order valence-corrected chi connectivity index (χ3v) is 8.28. The number of hydrogen-bond acceptors (Lipinski definition) is 8. The fraction of sp³-hybridized carbons (Fsp3) is 0.943. The maximum Gasteiger partial charge on any atom is 0.306 e. The monoisotopic (exact) mass is 615 g/mol. The van der Waals surface area contributed by atoms with Crippen LogP contribution < -0.4 is 0 Å². The molecule has 0 saturated heterocycles. The van der Waals surface area contributed by atoms with Crippen LogP contribution in [0.2, 0.25) is 0 Å². The Morgan fingerprint density at radius 1 is 0.605 bits per heavy atom. The van der Waals surface area contributed by atoms with Crippen molar-refractivity contribution >= 4 is 11.9 Å². The number of esters is 2. The summed E-state index contributed by atoms with van der Waals surface area (Å²) in [6.07, 6.45) is 18.5. The first-order chi connectivity index (χ1) is 20.9. The smallest absolute Gasteiger partial charge is 0.306 e. The molecule has 256 valence electrons. The van der Waals surface area contributed by atoms with Crippen LogP contribution in [-0.4, -0.2) is 96.6 Å². The average molecular weight is 615 g/mol. The number of hydrogen-bond donors (Lipinski definition) is 2. The summed E-state index contributed by atoms with van der Waals surface area (Å²) in [5.41, 5.74) is 0. The van der Waals surface area contributed by atoms with Crippen molar-refractivity contribution in [1.82, 2.24) is 9.80 Å². The molecule has 43 heavy (non-hydrogen) atoms. The van der Waals surface area contributed by atoms with Gasteiger partial charge in [0.05, 0.1) is 19.8 Å².